The molecule has 0 heterocycles. The molecule has 21 heavy (non-hydrogen) atoms. The maximum absolute atomic E-state index is 5.60. The van der Waals surface area contributed by atoms with Crippen molar-refractivity contribution in [3.05, 3.63) is 29.8 Å². The average molecular weight is 293 g/mol. The normalized spacial score (nSPS) is 12.6. The molecule has 1 N–H and O–H groups in total. The molecule has 120 valence electrons. The Labute approximate surface area is 130 Å². The van der Waals surface area contributed by atoms with Crippen LogP contribution in [0.5, 0.6) is 5.75 Å². The molecule has 1 rings (SSSR count). The predicted molar refractivity (Wildman–Crippen MR) is 89.0 cm³/mol. The van der Waals surface area contributed by atoms with Gasteiger partial charge < -0.3 is 14.8 Å². The third-order valence-corrected chi connectivity index (χ3v) is 3.33. The lowest BCUT2D eigenvalue weighted by Crippen LogP contribution is -2.20. The maximum Gasteiger partial charge on any atom is 0.119 e. The molecule has 0 aromatic heterocycles. The molecule has 0 fully saturated rings. The first kappa shape index (κ1) is 18.0. The van der Waals surface area contributed by atoms with E-state index in [9.17, 15) is 0 Å². The summed E-state index contributed by atoms with van der Waals surface area (Å²) in [5, 5.41) is 3.55. The van der Waals surface area contributed by atoms with E-state index in [0.717, 1.165) is 44.8 Å². The number of unbranched alkanes of at least 4 members (excludes halogenated alkanes) is 1. The lowest BCUT2D eigenvalue weighted by Gasteiger charge is -2.15. The van der Waals surface area contributed by atoms with E-state index in [0.29, 0.717) is 12.1 Å². The van der Waals surface area contributed by atoms with Crippen LogP contribution in [0.4, 0.5) is 0 Å². The topological polar surface area (TPSA) is 30.5 Å². The van der Waals surface area contributed by atoms with Crippen molar-refractivity contribution < 1.29 is 9.47 Å². The molecule has 1 aromatic carbocycles. The van der Waals surface area contributed by atoms with E-state index in [2.05, 4.69) is 57.3 Å². The predicted octanol–water partition coefficient (Wildman–Crippen LogP) is 4.33. The van der Waals surface area contributed by atoms with Crippen molar-refractivity contribution in [1.82, 2.24) is 5.32 Å². The van der Waals surface area contributed by atoms with Crippen LogP contribution < -0.4 is 10.1 Å². The zero-order valence-electron chi connectivity index (χ0n) is 14.0. The Balaban J connectivity index is 2.20. The third-order valence-electron chi connectivity index (χ3n) is 3.33. The van der Waals surface area contributed by atoms with Gasteiger partial charge in [-0.1, -0.05) is 19.1 Å². The van der Waals surface area contributed by atoms with E-state index in [1.165, 1.54) is 5.56 Å². The van der Waals surface area contributed by atoms with Crippen LogP contribution in [0.2, 0.25) is 0 Å². The molecule has 0 amide bonds. The van der Waals surface area contributed by atoms with Crippen LogP contribution >= 0.6 is 0 Å². The fraction of sp³-hybridized carbons (Fsp3) is 0.667. The van der Waals surface area contributed by atoms with Crippen LogP contribution in [0.3, 0.4) is 0 Å². The van der Waals surface area contributed by atoms with Crippen LogP contribution in [-0.4, -0.2) is 25.9 Å². The van der Waals surface area contributed by atoms with E-state index < -0.39 is 0 Å². The summed E-state index contributed by atoms with van der Waals surface area (Å²) in [5.41, 5.74) is 1.30. The van der Waals surface area contributed by atoms with Gasteiger partial charge in [0.1, 0.15) is 5.75 Å². The van der Waals surface area contributed by atoms with Crippen molar-refractivity contribution in [2.75, 3.05) is 19.8 Å². The molecule has 0 aliphatic carbocycles. The summed E-state index contributed by atoms with van der Waals surface area (Å²) in [7, 11) is 0. The molecule has 1 atom stereocenters. The molecule has 3 heteroatoms. The summed E-state index contributed by atoms with van der Waals surface area (Å²) < 4.78 is 11.1. The number of benzene rings is 1. The molecule has 0 radical (unpaired) electrons. The first-order chi connectivity index (χ1) is 10.1. The number of rotatable bonds is 11. The second kappa shape index (κ2) is 10.6. The highest BCUT2D eigenvalue weighted by atomic mass is 16.5. The third kappa shape index (κ3) is 8.08. The van der Waals surface area contributed by atoms with Gasteiger partial charge in [0.25, 0.3) is 0 Å². The van der Waals surface area contributed by atoms with Gasteiger partial charge in [-0.15, -0.1) is 0 Å². The summed E-state index contributed by atoms with van der Waals surface area (Å²) >= 11 is 0. The fourth-order valence-corrected chi connectivity index (χ4v) is 2.06. The minimum atomic E-state index is 0.338. The van der Waals surface area contributed by atoms with Crippen molar-refractivity contribution in [1.29, 1.82) is 0 Å². The minimum Gasteiger partial charge on any atom is -0.494 e. The van der Waals surface area contributed by atoms with E-state index in [1.54, 1.807) is 0 Å². The molecule has 0 bridgehead atoms. The van der Waals surface area contributed by atoms with Crippen molar-refractivity contribution in [2.45, 2.75) is 59.1 Å². The Morgan fingerprint density at radius 2 is 1.71 bits per heavy atom. The maximum atomic E-state index is 5.60. The van der Waals surface area contributed by atoms with Crippen LogP contribution in [0.1, 0.15) is 58.6 Å². The SMILES string of the molecule is CCCOc1ccc(C(C)NCCCCOC(C)C)cc1. The Hall–Kier alpha value is -1.06. The number of hydrogen-bond acceptors (Lipinski definition) is 3. The Bertz CT molecular complexity index is 362. The zero-order valence-corrected chi connectivity index (χ0v) is 14.0. The van der Waals surface area contributed by atoms with E-state index in [4.69, 9.17) is 9.47 Å². The van der Waals surface area contributed by atoms with Gasteiger partial charge in [-0.05, 0) is 64.3 Å². The molecule has 0 spiro atoms. The lowest BCUT2D eigenvalue weighted by molar-refractivity contribution is 0.0759. The lowest BCUT2D eigenvalue weighted by atomic mass is 10.1. The highest BCUT2D eigenvalue weighted by molar-refractivity contribution is 5.28. The van der Waals surface area contributed by atoms with E-state index >= 15 is 0 Å². The fourth-order valence-electron chi connectivity index (χ4n) is 2.06. The zero-order chi connectivity index (χ0) is 15.5. The van der Waals surface area contributed by atoms with Crippen molar-refractivity contribution >= 4 is 0 Å². The minimum absolute atomic E-state index is 0.338. The summed E-state index contributed by atoms with van der Waals surface area (Å²) in [6, 6.07) is 8.77. The number of hydrogen-bond donors (Lipinski definition) is 1. The largest absolute Gasteiger partial charge is 0.494 e. The van der Waals surface area contributed by atoms with Crippen LogP contribution in [-0.2, 0) is 4.74 Å². The smallest absolute Gasteiger partial charge is 0.119 e. The molecule has 1 aromatic rings. The summed E-state index contributed by atoms with van der Waals surface area (Å²) in [4.78, 5) is 0. The number of ether oxygens (including phenoxy) is 2. The second-order valence-electron chi connectivity index (χ2n) is 5.72. The van der Waals surface area contributed by atoms with Gasteiger partial charge in [0.2, 0.25) is 0 Å². The average Bonchev–Trinajstić information content (AvgIpc) is 2.48. The molecule has 0 aliphatic rings. The van der Waals surface area contributed by atoms with Gasteiger partial charge in [0.05, 0.1) is 12.7 Å². The van der Waals surface area contributed by atoms with Crippen molar-refractivity contribution in [2.24, 2.45) is 0 Å². The van der Waals surface area contributed by atoms with Gasteiger partial charge in [-0.25, -0.2) is 0 Å². The summed E-state index contributed by atoms with van der Waals surface area (Å²) in [6.45, 7) is 11.1. The standard InChI is InChI=1S/C18H31NO2/c1-5-13-21-18-10-8-17(9-11-18)16(4)19-12-6-7-14-20-15(2)3/h8-11,15-16,19H,5-7,12-14H2,1-4H3. The van der Waals surface area contributed by atoms with Gasteiger partial charge >= 0.3 is 0 Å². The van der Waals surface area contributed by atoms with Gasteiger partial charge in [0.15, 0.2) is 0 Å². The van der Waals surface area contributed by atoms with E-state index in [-0.39, 0.29) is 0 Å². The van der Waals surface area contributed by atoms with Crippen LogP contribution in [0.15, 0.2) is 24.3 Å². The second-order valence-corrected chi connectivity index (χ2v) is 5.72. The van der Waals surface area contributed by atoms with Gasteiger partial charge in [-0.3, -0.25) is 0 Å². The summed E-state index contributed by atoms with van der Waals surface area (Å²) in [6.07, 6.45) is 3.64. The Kier molecular flexibility index (Phi) is 9.11. The monoisotopic (exact) mass is 293 g/mol. The highest BCUT2D eigenvalue weighted by Crippen LogP contribution is 2.17. The number of nitrogens with one attached hydrogen (secondary N) is 1. The van der Waals surface area contributed by atoms with Gasteiger partial charge in [0, 0.05) is 12.6 Å². The van der Waals surface area contributed by atoms with Crippen molar-refractivity contribution in [3.63, 3.8) is 0 Å². The first-order valence-corrected chi connectivity index (χ1v) is 8.21. The molecular formula is C18H31NO2. The van der Waals surface area contributed by atoms with Crippen molar-refractivity contribution in [3.8, 4) is 5.75 Å². The Morgan fingerprint density at radius 1 is 1.00 bits per heavy atom. The molecule has 3 nitrogen and oxygen atoms in total. The molecule has 0 saturated carbocycles. The quantitative estimate of drug-likeness (QED) is 0.616. The van der Waals surface area contributed by atoms with E-state index in [1.807, 2.05) is 0 Å². The summed E-state index contributed by atoms with van der Waals surface area (Å²) in [5.74, 6) is 0.957. The molecule has 0 aliphatic heterocycles. The van der Waals surface area contributed by atoms with Gasteiger partial charge in [-0.2, -0.15) is 0 Å². The molecule has 1 unspecified atom stereocenters. The van der Waals surface area contributed by atoms with Crippen LogP contribution in [0.25, 0.3) is 0 Å². The molecular weight excluding hydrogens is 262 g/mol. The first-order valence-electron chi connectivity index (χ1n) is 8.21. The van der Waals surface area contributed by atoms with Crippen LogP contribution in [0, 0.1) is 0 Å². The molecule has 0 saturated heterocycles. The Morgan fingerprint density at radius 3 is 2.33 bits per heavy atom. The highest BCUT2D eigenvalue weighted by Gasteiger charge is 2.04.